The van der Waals surface area contributed by atoms with Crippen LogP contribution < -0.4 is 10.6 Å². The van der Waals surface area contributed by atoms with Crippen molar-refractivity contribution in [2.75, 3.05) is 6.54 Å². The number of amides is 2. The number of H-pyrrole nitrogens is 1. The van der Waals surface area contributed by atoms with E-state index in [2.05, 4.69) is 20.6 Å². The van der Waals surface area contributed by atoms with Gasteiger partial charge in [-0.15, -0.1) is 0 Å². The number of carbonyl (C=O) groups is 2. The zero-order valence-electron chi connectivity index (χ0n) is 16.7. The summed E-state index contributed by atoms with van der Waals surface area (Å²) in [7, 11) is 0. The summed E-state index contributed by atoms with van der Waals surface area (Å²) >= 11 is 1.56. The molecule has 1 unspecified atom stereocenters. The second kappa shape index (κ2) is 10.1. The van der Waals surface area contributed by atoms with Crippen molar-refractivity contribution in [2.45, 2.75) is 43.6 Å². The van der Waals surface area contributed by atoms with Crippen LogP contribution in [0.15, 0.2) is 53.7 Å². The molecule has 6 nitrogen and oxygen atoms in total. The van der Waals surface area contributed by atoms with Gasteiger partial charge in [-0.05, 0) is 37.1 Å². The minimum absolute atomic E-state index is 0.0478. The van der Waals surface area contributed by atoms with Crippen LogP contribution in [0.2, 0.25) is 0 Å². The zero-order valence-corrected chi connectivity index (χ0v) is 17.5. The van der Waals surface area contributed by atoms with Crippen LogP contribution in [0, 0.1) is 0 Å². The van der Waals surface area contributed by atoms with E-state index in [1.54, 1.807) is 11.8 Å². The van der Waals surface area contributed by atoms with Gasteiger partial charge in [0.1, 0.15) is 0 Å². The van der Waals surface area contributed by atoms with Crippen molar-refractivity contribution in [1.29, 1.82) is 0 Å². The monoisotopic (exact) mass is 410 g/mol. The Morgan fingerprint density at radius 3 is 2.69 bits per heavy atom. The SMILES string of the molecule is CCC(C)NC(=O)CCNC(=O)c1ccccc1CSc1nc2ccccc2[nH]1. The molecular formula is C22H26N4O2S. The number of nitrogens with zero attached hydrogens (tertiary/aromatic N) is 1. The Morgan fingerprint density at radius 2 is 1.90 bits per heavy atom. The van der Waals surface area contributed by atoms with E-state index in [4.69, 9.17) is 0 Å². The van der Waals surface area contributed by atoms with Gasteiger partial charge in [-0.25, -0.2) is 4.98 Å². The Labute approximate surface area is 174 Å². The fourth-order valence-corrected chi connectivity index (χ4v) is 3.73. The Kier molecular flexibility index (Phi) is 7.30. The summed E-state index contributed by atoms with van der Waals surface area (Å²) in [5.41, 5.74) is 3.48. The molecule has 1 atom stereocenters. The van der Waals surface area contributed by atoms with Gasteiger partial charge in [0.25, 0.3) is 5.91 Å². The molecule has 0 bridgehead atoms. The maximum absolute atomic E-state index is 12.6. The topological polar surface area (TPSA) is 86.9 Å². The van der Waals surface area contributed by atoms with E-state index in [-0.39, 0.29) is 24.3 Å². The van der Waals surface area contributed by atoms with Gasteiger partial charge < -0.3 is 15.6 Å². The van der Waals surface area contributed by atoms with E-state index < -0.39 is 0 Å². The first-order chi connectivity index (χ1) is 14.1. The molecule has 2 aromatic carbocycles. The third-order valence-electron chi connectivity index (χ3n) is 4.65. The third kappa shape index (κ3) is 5.84. The van der Waals surface area contributed by atoms with Crippen molar-refractivity contribution in [2.24, 2.45) is 0 Å². The van der Waals surface area contributed by atoms with E-state index in [9.17, 15) is 9.59 Å². The highest BCUT2D eigenvalue weighted by Crippen LogP contribution is 2.24. The quantitative estimate of drug-likeness (QED) is 0.467. The van der Waals surface area contributed by atoms with Crippen molar-refractivity contribution in [1.82, 2.24) is 20.6 Å². The standard InChI is InChI=1S/C22H26N4O2S/c1-3-15(2)24-20(27)12-13-23-21(28)17-9-5-4-8-16(17)14-29-22-25-18-10-6-7-11-19(18)26-22/h4-11,15H,3,12-14H2,1-2H3,(H,23,28)(H,24,27)(H,25,26). The number of fused-ring (bicyclic) bond motifs is 1. The summed E-state index contributed by atoms with van der Waals surface area (Å²) in [6.07, 6.45) is 1.15. The highest BCUT2D eigenvalue weighted by molar-refractivity contribution is 7.98. The number of hydrogen-bond donors (Lipinski definition) is 3. The molecule has 29 heavy (non-hydrogen) atoms. The van der Waals surface area contributed by atoms with Crippen LogP contribution in [0.3, 0.4) is 0 Å². The summed E-state index contributed by atoms with van der Waals surface area (Å²) in [6.45, 7) is 4.30. The number of carbonyl (C=O) groups excluding carboxylic acids is 2. The van der Waals surface area contributed by atoms with E-state index in [0.717, 1.165) is 28.2 Å². The van der Waals surface area contributed by atoms with Crippen molar-refractivity contribution < 1.29 is 9.59 Å². The number of rotatable bonds is 9. The molecule has 3 rings (SSSR count). The molecule has 0 fully saturated rings. The second-order valence-electron chi connectivity index (χ2n) is 6.89. The van der Waals surface area contributed by atoms with Crippen molar-refractivity contribution in [3.8, 4) is 0 Å². The largest absolute Gasteiger partial charge is 0.354 e. The predicted octanol–water partition coefficient (Wildman–Crippen LogP) is 3.89. The molecule has 1 heterocycles. The molecule has 0 radical (unpaired) electrons. The third-order valence-corrected chi connectivity index (χ3v) is 5.57. The number of aromatic nitrogens is 2. The molecule has 3 aromatic rings. The van der Waals surface area contributed by atoms with Crippen molar-refractivity contribution in [3.05, 3.63) is 59.7 Å². The molecule has 2 amide bonds. The van der Waals surface area contributed by atoms with Gasteiger partial charge in [0.15, 0.2) is 5.16 Å². The first-order valence-corrected chi connectivity index (χ1v) is 10.8. The van der Waals surface area contributed by atoms with Gasteiger partial charge >= 0.3 is 0 Å². The van der Waals surface area contributed by atoms with E-state index in [0.29, 0.717) is 17.9 Å². The van der Waals surface area contributed by atoms with Gasteiger partial charge in [0, 0.05) is 30.3 Å². The summed E-state index contributed by atoms with van der Waals surface area (Å²) in [5.74, 6) is 0.410. The van der Waals surface area contributed by atoms with E-state index >= 15 is 0 Å². The number of imidazole rings is 1. The Morgan fingerprint density at radius 1 is 1.14 bits per heavy atom. The van der Waals surface area contributed by atoms with Crippen molar-refractivity contribution in [3.63, 3.8) is 0 Å². The van der Waals surface area contributed by atoms with Crippen LogP contribution >= 0.6 is 11.8 Å². The fraction of sp³-hybridized carbons (Fsp3) is 0.318. The first kappa shape index (κ1) is 20.9. The van der Waals surface area contributed by atoms with Crippen LogP contribution in [-0.4, -0.2) is 34.4 Å². The predicted molar refractivity (Wildman–Crippen MR) is 117 cm³/mol. The Bertz CT molecular complexity index is 953. The van der Waals surface area contributed by atoms with Gasteiger partial charge in [-0.3, -0.25) is 9.59 Å². The minimum Gasteiger partial charge on any atom is -0.354 e. The van der Waals surface area contributed by atoms with Gasteiger partial charge in [-0.2, -0.15) is 0 Å². The molecule has 152 valence electrons. The molecular weight excluding hydrogens is 384 g/mol. The highest BCUT2D eigenvalue weighted by Gasteiger charge is 2.13. The summed E-state index contributed by atoms with van der Waals surface area (Å²) < 4.78 is 0. The summed E-state index contributed by atoms with van der Waals surface area (Å²) in [5, 5.41) is 6.57. The molecule has 0 aliphatic rings. The summed E-state index contributed by atoms with van der Waals surface area (Å²) in [4.78, 5) is 32.3. The van der Waals surface area contributed by atoms with Gasteiger partial charge in [-0.1, -0.05) is 49.0 Å². The molecule has 0 saturated carbocycles. The second-order valence-corrected chi connectivity index (χ2v) is 7.85. The Balaban J connectivity index is 1.56. The lowest BCUT2D eigenvalue weighted by molar-refractivity contribution is -0.121. The maximum Gasteiger partial charge on any atom is 0.251 e. The lowest BCUT2D eigenvalue weighted by Gasteiger charge is -2.12. The number of benzene rings is 2. The average molecular weight is 411 g/mol. The summed E-state index contributed by atoms with van der Waals surface area (Å²) in [6, 6.07) is 15.6. The molecule has 0 aliphatic carbocycles. The molecule has 7 heteroatoms. The zero-order chi connectivity index (χ0) is 20.6. The molecule has 0 aliphatic heterocycles. The van der Waals surface area contributed by atoms with Crippen LogP contribution in [0.4, 0.5) is 0 Å². The van der Waals surface area contributed by atoms with Crippen LogP contribution in [0.1, 0.15) is 42.6 Å². The van der Waals surface area contributed by atoms with Crippen LogP contribution in [0.5, 0.6) is 0 Å². The van der Waals surface area contributed by atoms with Crippen LogP contribution in [0.25, 0.3) is 11.0 Å². The van der Waals surface area contributed by atoms with E-state index in [1.807, 2.05) is 62.4 Å². The van der Waals surface area contributed by atoms with Gasteiger partial charge in [0.05, 0.1) is 11.0 Å². The van der Waals surface area contributed by atoms with Gasteiger partial charge in [0.2, 0.25) is 5.91 Å². The number of aromatic amines is 1. The number of para-hydroxylation sites is 2. The average Bonchev–Trinajstić information content (AvgIpc) is 3.15. The lowest BCUT2D eigenvalue weighted by Crippen LogP contribution is -2.35. The fourth-order valence-electron chi connectivity index (χ4n) is 2.85. The lowest BCUT2D eigenvalue weighted by atomic mass is 10.1. The normalized spacial score (nSPS) is 11.9. The molecule has 0 saturated heterocycles. The highest BCUT2D eigenvalue weighted by atomic mass is 32.2. The van der Waals surface area contributed by atoms with Crippen LogP contribution in [-0.2, 0) is 10.5 Å². The molecule has 0 spiro atoms. The van der Waals surface area contributed by atoms with E-state index in [1.165, 1.54) is 0 Å². The number of thioether (sulfide) groups is 1. The first-order valence-electron chi connectivity index (χ1n) is 9.80. The Hall–Kier alpha value is -2.80. The molecule has 1 aromatic heterocycles. The minimum atomic E-state index is -0.165. The number of nitrogens with one attached hydrogen (secondary N) is 3. The smallest absolute Gasteiger partial charge is 0.251 e. The molecule has 3 N–H and O–H groups in total. The van der Waals surface area contributed by atoms with Crippen molar-refractivity contribution >= 4 is 34.6 Å². The maximum atomic E-state index is 12.6. The number of hydrogen-bond acceptors (Lipinski definition) is 4.